The molecular formula is C23H20O2. The molecule has 0 saturated carbocycles. The van der Waals surface area contributed by atoms with Crippen molar-refractivity contribution in [2.45, 2.75) is 20.3 Å². The van der Waals surface area contributed by atoms with E-state index in [1.165, 1.54) is 16.3 Å². The monoisotopic (exact) mass is 328 g/mol. The molecule has 0 aromatic heterocycles. The average Bonchev–Trinajstić information content (AvgIpc) is 2.87. The Bertz CT molecular complexity index is 957. The molecule has 0 atom stereocenters. The molecule has 124 valence electrons. The van der Waals surface area contributed by atoms with Crippen molar-refractivity contribution in [2.75, 3.05) is 0 Å². The zero-order valence-electron chi connectivity index (χ0n) is 14.5. The van der Waals surface area contributed by atoms with E-state index in [1.807, 2.05) is 44.2 Å². The van der Waals surface area contributed by atoms with Crippen molar-refractivity contribution in [1.29, 1.82) is 0 Å². The smallest absolute Gasteiger partial charge is 0.174 e. The van der Waals surface area contributed by atoms with E-state index in [2.05, 4.69) is 24.3 Å². The van der Waals surface area contributed by atoms with Gasteiger partial charge in [0.25, 0.3) is 0 Å². The van der Waals surface area contributed by atoms with E-state index in [1.54, 1.807) is 12.1 Å². The summed E-state index contributed by atoms with van der Waals surface area (Å²) in [5.74, 6) is -0.680. The molecule has 1 aliphatic carbocycles. The Morgan fingerprint density at radius 3 is 2.00 bits per heavy atom. The summed E-state index contributed by atoms with van der Waals surface area (Å²) >= 11 is 0. The first kappa shape index (κ1) is 15.8. The molecule has 2 heteroatoms. The maximum absolute atomic E-state index is 12.9. The van der Waals surface area contributed by atoms with Crippen LogP contribution in [0.2, 0.25) is 0 Å². The molecule has 0 fully saturated rings. The topological polar surface area (TPSA) is 34.1 Å². The molecule has 1 aliphatic rings. The van der Waals surface area contributed by atoms with Gasteiger partial charge in [0.1, 0.15) is 0 Å². The predicted molar refractivity (Wildman–Crippen MR) is 100 cm³/mol. The van der Waals surface area contributed by atoms with Gasteiger partial charge in [-0.1, -0.05) is 80.6 Å². The standard InChI is InChI=1S/C23H20O2/c1-23(2,14-16-10-7-9-15-8-3-4-11-17(15)16)20-21(24)18-12-5-6-13-19(18)22(20)25/h3-13,20H,14H2,1-2H3. The lowest BCUT2D eigenvalue weighted by Gasteiger charge is -2.30. The maximum Gasteiger partial charge on any atom is 0.174 e. The van der Waals surface area contributed by atoms with Gasteiger partial charge in [-0.05, 0) is 28.2 Å². The molecule has 4 rings (SSSR count). The van der Waals surface area contributed by atoms with Crippen molar-refractivity contribution in [3.8, 4) is 0 Å². The fourth-order valence-corrected chi connectivity index (χ4v) is 4.09. The van der Waals surface area contributed by atoms with Crippen molar-refractivity contribution < 1.29 is 9.59 Å². The quantitative estimate of drug-likeness (QED) is 0.627. The third-order valence-electron chi connectivity index (χ3n) is 5.29. The summed E-state index contributed by atoms with van der Waals surface area (Å²) in [5, 5.41) is 2.37. The Hall–Kier alpha value is -2.74. The van der Waals surface area contributed by atoms with E-state index in [-0.39, 0.29) is 11.6 Å². The van der Waals surface area contributed by atoms with Gasteiger partial charge in [0.2, 0.25) is 0 Å². The number of benzene rings is 3. The molecule has 3 aromatic rings. The summed E-state index contributed by atoms with van der Waals surface area (Å²) in [6.45, 7) is 4.06. The van der Waals surface area contributed by atoms with Crippen LogP contribution in [0, 0.1) is 11.3 Å². The summed E-state index contributed by atoms with van der Waals surface area (Å²) < 4.78 is 0. The molecule has 0 radical (unpaired) electrons. The maximum atomic E-state index is 12.9. The van der Waals surface area contributed by atoms with Crippen molar-refractivity contribution in [3.05, 3.63) is 83.4 Å². The number of carbonyl (C=O) groups excluding carboxylic acids is 2. The second kappa shape index (κ2) is 5.66. The van der Waals surface area contributed by atoms with Gasteiger partial charge < -0.3 is 0 Å². The van der Waals surface area contributed by atoms with E-state index in [0.717, 1.165) is 0 Å². The van der Waals surface area contributed by atoms with Gasteiger partial charge in [-0.2, -0.15) is 0 Å². The van der Waals surface area contributed by atoms with Crippen molar-refractivity contribution in [3.63, 3.8) is 0 Å². The largest absolute Gasteiger partial charge is 0.293 e. The van der Waals surface area contributed by atoms with Crippen LogP contribution in [-0.4, -0.2) is 11.6 Å². The zero-order chi connectivity index (χ0) is 17.6. The summed E-state index contributed by atoms with van der Waals surface area (Å²) in [4.78, 5) is 25.8. The second-order valence-electron chi connectivity index (χ2n) is 7.51. The highest BCUT2D eigenvalue weighted by Crippen LogP contribution is 2.41. The molecule has 0 saturated heterocycles. The molecule has 0 spiro atoms. The van der Waals surface area contributed by atoms with Crippen molar-refractivity contribution in [2.24, 2.45) is 11.3 Å². The van der Waals surface area contributed by atoms with Crippen LogP contribution in [-0.2, 0) is 6.42 Å². The van der Waals surface area contributed by atoms with Gasteiger partial charge >= 0.3 is 0 Å². The fraction of sp³-hybridized carbons (Fsp3) is 0.217. The molecule has 0 unspecified atom stereocenters. The van der Waals surface area contributed by atoms with Crippen LogP contribution in [0.5, 0.6) is 0 Å². The van der Waals surface area contributed by atoms with E-state index < -0.39 is 11.3 Å². The van der Waals surface area contributed by atoms with Gasteiger partial charge in [0.05, 0.1) is 5.92 Å². The Labute approximate surface area is 147 Å². The molecule has 2 nitrogen and oxygen atoms in total. The molecule has 3 aromatic carbocycles. The Balaban J connectivity index is 1.73. The third kappa shape index (κ3) is 2.49. The van der Waals surface area contributed by atoms with Gasteiger partial charge in [0, 0.05) is 11.1 Å². The minimum Gasteiger partial charge on any atom is -0.293 e. The number of hydrogen-bond acceptors (Lipinski definition) is 2. The third-order valence-corrected chi connectivity index (χ3v) is 5.29. The van der Waals surface area contributed by atoms with Crippen LogP contribution >= 0.6 is 0 Å². The summed E-state index contributed by atoms with van der Waals surface area (Å²) in [6, 6.07) is 21.7. The molecule has 0 N–H and O–H groups in total. The number of ketones is 2. The Morgan fingerprint density at radius 1 is 0.760 bits per heavy atom. The van der Waals surface area contributed by atoms with Crippen LogP contribution in [0.15, 0.2) is 66.7 Å². The normalized spacial score (nSPS) is 15.0. The second-order valence-corrected chi connectivity index (χ2v) is 7.51. The highest BCUT2D eigenvalue weighted by Gasteiger charge is 2.47. The Morgan fingerprint density at radius 2 is 1.32 bits per heavy atom. The molecule has 0 aliphatic heterocycles. The number of Topliss-reactive ketones (excluding diaryl/α,β-unsaturated/α-hetero) is 2. The summed E-state index contributed by atoms with van der Waals surface area (Å²) in [7, 11) is 0. The number of hydrogen-bond donors (Lipinski definition) is 0. The molecule has 25 heavy (non-hydrogen) atoms. The van der Waals surface area contributed by atoms with Gasteiger partial charge in [-0.25, -0.2) is 0 Å². The molecular weight excluding hydrogens is 308 g/mol. The van der Waals surface area contributed by atoms with Gasteiger partial charge in [0.15, 0.2) is 11.6 Å². The van der Waals surface area contributed by atoms with E-state index >= 15 is 0 Å². The van der Waals surface area contributed by atoms with E-state index in [0.29, 0.717) is 17.5 Å². The fourth-order valence-electron chi connectivity index (χ4n) is 4.09. The first-order valence-electron chi connectivity index (χ1n) is 8.63. The predicted octanol–water partition coefficient (Wildman–Crippen LogP) is 5.10. The minimum absolute atomic E-state index is 0.0363. The van der Waals surface area contributed by atoms with Crippen LogP contribution in [0.25, 0.3) is 10.8 Å². The lowest BCUT2D eigenvalue weighted by molar-refractivity contribution is 0.0707. The Kier molecular flexibility index (Phi) is 3.57. The van der Waals surface area contributed by atoms with E-state index in [9.17, 15) is 9.59 Å². The number of carbonyl (C=O) groups is 2. The van der Waals surface area contributed by atoms with Crippen LogP contribution in [0.3, 0.4) is 0 Å². The zero-order valence-corrected chi connectivity index (χ0v) is 14.5. The summed E-state index contributed by atoms with van der Waals surface area (Å²) in [6.07, 6.45) is 0.685. The average molecular weight is 328 g/mol. The number of rotatable bonds is 3. The first-order valence-corrected chi connectivity index (χ1v) is 8.63. The highest BCUT2D eigenvalue weighted by atomic mass is 16.2. The molecule has 0 heterocycles. The van der Waals surface area contributed by atoms with Crippen molar-refractivity contribution in [1.82, 2.24) is 0 Å². The van der Waals surface area contributed by atoms with Crippen LogP contribution in [0.4, 0.5) is 0 Å². The van der Waals surface area contributed by atoms with Gasteiger partial charge in [-0.3, -0.25) is 9.59 Å². The summed E-state index contributed by atoms with van der Waals surface area (Å²) in [5.41, 5.74) is 1.88. The number of fused-ring (bicyclic) bond motifs is 2. The first-order chi connectivity index (χ1) is 12.0. The lowest BCUT2D eigenvalue weighted by Crippen LogP contribution is -2.34. The lowest BCUT2D eigenvalue weighted by atomic mass is 9.71. The van der Waals surface area contributed by atoms with Crippen LogP contribution < -0.4 is 0 Å². The van der Waals surface area contributed by atoms with Crippen molar-refractivity contribution >= 4 is 22.3 Å². The van der Waals surface area contributed by atoms with Crippen LogP contribution in [0.1, 0.15) is 40.1 Å². The van der Waals surface area contributed by atoms with Gasteiger partial charge in [-0.15, -0.1) is 0 Å². The van der Waals surface area contributed by atoms with E-state index in [4.69, 9.17) is 0 Å². The molecule has 0 amide bonds. The molecule has 0 bridgehead atoms. The minimum atomic E-state index is -0.608. The SMILES string of the molecule is CC(C)(Cc1cccc2ccccc12)C1C(=O)c2ccccc2C1=O. The highest BCUT2D eigenvalue weighted by molar-refractivity contribution is 6.26.